The minimum atomic E-state index is 0.943. The standard InChI is InChI=1S/C25H30N4OS/c1-30-20-9-10-21-19(18-20)8-11-22-25(21)27-24(31-22)7-3-5-13-28-14-16-29(17-15-28)23-6-2-4-12-26-23/h2,4,6,9-10,12,18H,3,5,7-8,11,13-17H2,1H3. The van der Waals surface area contributed by atoms with Crippen LogP contribution >= 0.6 is 11.3 Å². The fourth-order valence-corrected chi connectivity index (χ4v) is 5.75. The second-order valence-electron chi connectivity index (χ2n) is 8.38. The van der Waals surface area contributed by atoms with Gasteiger partial charge in [-0.1, -0.05) is 6.07 Å². The summed E-state index contributed by atoms with van der Waals surface area (Å²) in [7, 11) is 1.73. The van der Waals surface area contributed by atoms with Crippen molar-refractivity contribution >= 4 is 17.2 Å². The summed E-state index contributed by atoms with van der Waals surface area (Å²) in [4.78, 5) is 16.0. The second-order valence-corrected chi connectivity index (χ2v) is 9.54. The monoisotopic (exact) mass is 434 g/mol. The molecule has 5 nitrogen and oxygen atoms in total. The van der Waals surface area contributed by atoms with E-state index in [1.54, 1.807) is 7.11 Å². The van der Waals surface area contributed by atoms with Gasteiger partial charge in [0.05, 0.1) is 17.8 Å². The first kappa shape index (κ1) is 20.5. The zero-order valence-electron chi connectivity index (χ0n) is 18.2. The van der Waals surface area contributed by atoms with Crippen LogP contribution in [0.5, 0.6) is 5.75 Å². The van der Waals surface area contributed by atoms with Gasteiger partial charge >= 0.3 is 0 Å². The van der Waals surface area contributed by atoms with Crippen LogP contribution in [0.3, 0.4) is 0 Å². The predicted molar refractivity (Wildman–Crippen MR) is 127 cm³/mol. The number of aryl methyl sites for hydroxylation is 3. The van der Waals surface area contributed by atoms with Crippen LogP contribution in [0.25, 0.3) is 11.3 Å². The van der Waals surface area contributed by atoms with Crippen molar-refractivity contribution in [2.75, 3.05) is 44.7 Å². The van der Waals surface area contributed by atoms with Gasteiger partial charge in [-0.3, -0.25) is 4.90 Å². The van der Waals surface area contributed by atoms with E-state index in [0.29, 0.717) is 0 Å². The minimum Gasteiger partial charge on any atom is -0.497 e. The van der Waals surface area contributed by atoms with E-state index < -0.39 is 0 Å². The van der Waals surface area contributed by atoms with Crippen molar-refractivity contribution in [2.45, 2.75) is 32.1 Å². The van der Waals surface area contributed by atoms with Crippen LogP contribution in [0.15, 0.2) is 42.6 Å². The number of aromatic nitrogens is 2. The summed E-state index contributed by atoms with van der Waals surface area (Å²) in [5.74, 6) is 2.05. The maximum atomic E-state index is 5.39. The molecule has 0 atom stereocenters. The van der Waals surface area contributed by atoms with E-state index in [0.717, 1.165) is 57.0 Å². The Morgan fingerprint density at radius 3 is 2.74 bits per heavy atom. The number of nitrogens with zero attached hydrogens (tertiary/aromatic N) is 4. The second kappa shape index (κ2) is 9.37. The molecule has 6 heteroatoms. The molecule has 5 rings (SSSR count). The zero-order chi connectivity index (χ0) is 21.0. The lowest BCUT2D eigenvalue weighted by Crippen LogP contribution is -2.46. The summed E-state index contributed by atoms with van der Waals surface area (Å²) in [6.45, 7) is 5.58. The van der Waals surface area contributed by atoms with Crippen LogP contribution < -0.4 is 9.64 Å². The Morgan fingerprint density at radius 1 is 1.03 bits per heavy atom. The van der Waals surface area contributed by atoms with E-state index in [9.17, 15) is 0 Å². The van der Waals surface area contributed by atoms with Gasteiger partial charge < -0.3 is 9.64 Å². The molecule has 0 saturated carbocycles. The van der Waals surface area contributed by atoms with Gasteiger partial charge in [0.25, 0.3) is 0 Å². The van der Waals surface area contributed by atoms with Crippen molar-refractivity contribution in [1.29, 1.82) is 0 Å². The van der Waals surface area contributed by atoms with Gasteiger partial charge in [0.1, 0.15) is 11.6 Å². The van der Waals surface area contributed by atoms with Crippen LogP contribution in [0.4, 0.5) is 5.82 Å². The van der Waals surface area contributed by atoms with Gasteiger partial charge in [-0.05, 0) is 74.5 Å². The number of unbranched alkanes of at least 4 members (excludes halogenated alkanes) is 1. The van der Waals surface area contributed by atoms with Gasteiger partial charge in [-0.15, -0.1) is 11.3 Å². The fraction of sp³-hybridized carbons (Fsp3) is 0.440. The molecule has 0 spiro atoms. The Morgan fingerprint density at radius 2 is 1.94 bits per heavy atom. The Labute approximate surface area is 188 Å². The Bertz CT molecular complexity index is 1010. The molecular weight excluding hydrogens is 404 g/mol. The lowest BCUT2D eigenvalue weighted by atomic mass is 9.93. The van der Waals surface area contributed by atoms with Crippen LogP contribution in [0.2, 0.25) is 0 Å². The molecule has 0 unspecified atom stereocenters. The molecule has 3 heterocycles. The number of ether oxygens (including phenoxy) is 1. The fourth-order valence-electron chi connectivity index (χ4n) is 4.62. The molecule has 31 heavy (non-hydrogen) atoms. The molecule has 3 aromatic rings. The molecule has 2 aromatic heterocycles. The number of methoxy groups -OCH3 is 1. The molecule has 1 aliphatic carbocycles. The average Bonchev–Trinajstić information content (AvgIpc) is 3.26. The van der Waals surface area contributed by atoms with E-state index in [2.05, 4.69) is 45.1 Å². The van der Waals surface area contributed by atoms with E-state index in [4.69, 9.17) is 9.72 Å². The Kier molecular flexibility index (Phi) is 6.18. The van der Waals surface area contributed by atoms with Gasteiger partial charge in [0, 0.05) is 42.8 Å². The molecule has 2 aliphatic rings. The van der Waals surface area contributed by atoms with Gasteiger partial charge in [-0.2, -0.15) is 0 Å². The number of rotatable bonds is 7. The molecule has 1 fully saturated rings. The highest BCUT2D eigenvalue weighted by molar-refractivity contribution is 7.12. The first-order valence-corrected chi connectivity index (χ1v) is 12.2. The van der Waals surface area contributed by atoms with Crippen molar-refractivity contribution in [3.05, 3.63) is 58.0 Å². The molecule has 1 aromatic carbocycles. The summed E-state index contributed by atoms with van der Waals surface area (Å²) in [6, 6.07) is 12.6. The van der Waals surface area contributed by atoms with E-state index in [-0.39, 0.29) is 0 Å². The average molecular weight is 435 g/mol. The first-order valence-electron chi connectivity index (χ1n) is 11.3. The maximum absolute atomic E-state index is 5.39. The van der Waals surface area contributed by atoms with Gasteiger partial charge in [-0.25, -0.2) is 9.97 Å². The summed E-state index contributed by atoms with van der Waals surface area (Å²) in [6.07, 6.45) is 7.62. The molecule has 1 saturated heterocycles. The summed E-state index contributed by atoms with van der Waals surface area (Å²) in [5.41, 5.74) is 3.89. The molecular formula is C25H30N4OS. The normalized spacial score (nSPS) is 16.1. The number of thiazole rings is 1. The van der Waals surface area contributed by atoms with Crippen molar-refractivity contribution < 1.29 is 4.74 Å². The van der Waals surface area contributed by atoms with Crippen molar-refractivity contribution in [3.8, 4) is 17.0 Å². The van der Waals surface area contributed by atoms with Crippen molar-refractivity contribution in [3.63, 3.8) is 0 Å². The number of pyridine rings is 1. The molecule has 0 bridgehead atoms. The summed E-state index contributed by atoms with van der Waals surface area (Å²) in [5, 5.41) is 1.30. The van der Waals surface area contributed by atoms with Crippen molar-refractivity contribution in [2.24, 2.45) is 0 Å². The third-order valence-electron chi connectivity index (χ3n) is 6.39. The Hall–Kier alpha value is -2.44. The highest BCUT2D eigenvalue weighted by atomic mass is 32.1. The molecule has 162 valence electrons. The number of piperazine rings is 1. The third-order valence-corrected chi connectivity index (χ3v) is 7.57. The molecule has 0 N–H and O–H groups in total. The highest BCUT2D eigenvalue weighted by Gasteiger charge is 2.21. The third kappa shape index (κ3) is 4.60. The predicted octanol–water partition coefficient (Wildman–Crippen LogP) is 4.46. The van der Waals surface area contributed by atoms with E-state index in [1.807, 2.05) is 23.6 Å². The zero-order valence-corrected chi connectivity index (χ0v) is 19.0. The highest BCUT2D eigenvalue weighted by Crippen LogP contribution is 2.38. The molecule has 0 radical (unpaired) electrons. The van der Waals surface area contributed by atoms with Crippen LogP contribution in [-0.4, -0.2) is 54.7 Å². The quantitative estimate of drug-likeness (QED) is 0.514. The molecule has 1 aliphatic heterocycles. The van der Waals surface area contributed by atoms with Gasteiger partial charge in [0.2, 0.25) is 0 Å². The van der Waals surface area contributed by atoms with Crippen LogP contribution in [0.1, 0.15) is 28.3 Å². The largest absolute Gasteiger partial charge is 0.497 e. The lowest BCUT2D eigenvalue weighted by Gasteiger charge is -2.35. The maximum Gasteiger partial charge on any atom is 0.128 e. The summed E-state index contributed by atoms with van der Waals surface area (Å²) < 4.78 is 5.39. The summed E-state index contributed by atoms with van der Waals surface area (Å²) >= 11 is 1.92. The van der Waals surface area contributed by atoms with Gasteiger partial charge in [0.15, 0.2) is 0 Å². The van der Waals surface area contributed by atoms with E-state index >= 15 is 0 Å². The van der Waals surface area contributed by atoms with E-state index in [1.165, 1.54) is 46.1 Å². The number of hydrogen-bond acceptors (Lipinski definition) is 6. The minimum absolute atomic E-state index is 0.943. The number of hydrogen-bond donors (Lipinski definition) is 0. The number of fused-ring (bicyclic) bond motifs is 3. The number of benzene rings is 1. The number of anilines is 1. The lowest BCUT2D eigenvalue weighted by molar-refractivity contribution is 0.252. The topological polar surface area (TPSA) is 41.5 Å². The van der Waals surface area contributed by atoms with Crippen LogP contribution in [-0.2, 0) is 19.3 Å². The Balaban J connectivity index is 1.10. The SMILES string of the molecule is COc1ccc2c(c1)CCc1sc(CCCCN3CCN(c4ccccn4)CC3)nc1-2. The smallest absolute Gasteiger partial charge is 0.128 e. The first-order chi connectivity index (χ1) is 15.3. The van der Waals surface area contributed by atoms with Crippen molar-refractivity contribution in [1.82, 2.24) is 14.9 Å². The molecule has 0 amide bonds. The van der Waals surface area contributed by atoms with Crippen LogP contribution in [0, 0.1) is 0 Å².